The van der Waals surface area contributed by atoms with Crippen LogP contribution < -0.4 is 0 Å². The third-order valence-electron chi connectivity index (χ3n) is 3.14. The average molecular weight is 212 g/mol. The molecule has 0 spiro atoms. The van der Waals surface area contributed by atoms with Crippen LogP contribution in [0, 0.1) is 0 Å². The number of ether oxygens (including phenoxy) is 1. The molecule has 0 saturated carbocycles. The van der Waals surface area contributed by atoms with Gasteiger partial charge in [0.15, 0.2) is 0 Å². The fraction of sp³-hybridized carbons (Fsp3) is 0.909. The maximum absolute atomic E-state index is 11.8. The van der Waals surface area contributed by atoms with Gasteiger partial charge in [-0.15, -0.1) is 0 Å². The van der Waals surface area contributed by atoms with Crippen molar-refractivity contribution in [1.82, 2.24) is 9.80 Å². The molecule has 4 heteroatoms. The summed E-state index contributed by atoms with van der Waals surface area (Å²) in [5.41, 5.74) is -0.384. The van der Waals surface area contributed by atoms with Gasteiger partial charge in [0.2, 0.25) is 0 Å². The molecular weight excluding hydrogens is 192 g/mol. The lowest BCUT2D eigenvalue weighted by Gasteiger charge is -2.33. The van der Waals surface area contributed by atoms with Gasteiger partial charge in [-0.25, -0.2) is 4.79 Å². The quantitative estimate of drug-likeness (QED) is 0.607. The molecule has 4 nitrogen and oxygen atoms in total. The Morgan fingerprint density at radius 3 is 2.33 bits per heavy atom. The van der Waals surface area contributed by atoms with E-state index in [2.05, 4.69) is 11.9 Å². The van der Waals surface area contributed by atoms with Crippen molar-refractivity contribution in [2.45, 2.75) is 44.9 Å². The molecule has 15 heavy (non-hydrogen) atoms. The van der Waals surface area contributed by atoms with Gasteiger partial charge in [0.05, 0.1) is 0 Å². The Bertz CT molecular complexity index is 270. The van der Waals surface area contributed by atoms with Crippen molar-refractivity contribution < 1.29 is 9.53 Å². The summed E-state index contributed by atoms with van der Waals surface area (Å²) >= 11 is 0. The Morgan fingerprint density at radius 1 is 1.27 bits per heavy atom. The Hall–Kier alpha value is -0.770. The molecule has 0 aromatic heterocycles. The Labute approximate surface area is 91.2 Å². The summed E-state index contributed by atoms with van der Waals surface area (Å²) in [4.78, 5) is 16.1. The zero-order valence-corrected chi connectivity index (χ0v) is 9.99. The molecule has 2 fully saturated rings. The van der Waals surface area contributed by atoms with Crippen LogP contribution >= 0.6 is 0 Å². The third-order valence-corrected chi connectivity index (χ3v) is 3.14. The molecule has 0 unspecified atom stereocenters. The van der Waals surface area contributed by atoms with Gasteiger partial charge in [-0.3, -0.25) is 4.90 Å². The van der Waals surface area contributed by atoms with Gasteiger partial charge in [-0.2, -0.15) is 0 Å². The summed E-state index contributed by atoms with van der Waals surface area (Å²) in [6.07, 6.45) is 0.957. The van der Waals surface area contributed by atoms with Gasteiger partial charge in [-0.05, 0) is 34.2 Å². The van der Waals surface area contributed by atoms with E-state index in [1.165, 1.54) is 0 Å². The third kappa shape index (κ3) is 2.09. The number of carbonyl (C=O) groups is 1. The van der Waals surface area contributed by atoms with Crippen LogP contribution in [0.2, 0.25) is 0 Å². The first-order valence-corrected chi connectivity index (χ1v) is 5.57. The Kier molecular flexibility index (Phi) is 2.41. The second-order valence-electron chi connectivity index (χ2n) is 5.62. The summed E-state index contributed by atoms with van der Waals surface area (Å²) in [5.74, 6) is 0. The molecule has 0 aromatic carbocycles. The molecule has 2 rings (SSSR count). The van der Waals surface area contributed by atoms with E-state index in [0.717, 1.165) is 19.5 Å². The van der Waals surface area contributed by atoms with Crippen molar-refractivity contribution >= 4 is 6.09 Å². The molecule has 2 saturated heterocycles. The molecular formula is C11H20N2O2. The van der Waals surface area contributed by atoms with Gasteiger partial charge in [-0.1, -0.05) is 0 Å². The highest BCUT2D eigenvalue weighted by Gasteiger charge is 2.44. The van der Waals surface area contributed by atoms with E-state index in [-0.39, 0.29) is 11.7 Å². The lowest BCUT2D eigenvalue weighted by atomic mass is 10.2. The molecule has 2 heterocycles. The number of likely N-dealkylation sites (tertiary alicyclic amines) is 2. The number of rotatable bonds is 0. The summed E-state index contributed by atoms with van der Waals surface area (Å²) in [6.45, 7) is 7.54. The highest BCUT2D eigenvalue weighted by atomic mass is 16.6. The summed E-state index contributed by atoms with van der Waals surface area (Å²) in [7, 11) is 2.12. The minimum Gasteiger partial charge on any atom is -0.444 e. The summed E-state index contributed by atoms with van der Waals surface area (Å²) < 4.78 is 5.38. The molecule has 2 atom stereocenters. The molecule has 2 aliphatic rings. The Morgan fingerprint density at radius 2 is 1.93 bits per heavy atom. The Balaban J connectivity index is 1.94. The van der Waals surface area contributed by atoms with Gasteiger partial charge in [0.1, 0.15) is 5.60 Å². The van der Waals surface area contributed by atoms with E-state index in [9.17, 15) is 4.79 Å². The molecule has 1 amide bonds. The van der Waals surface area contributed by atoms with Crippen LogP contribution in [-0.2, 0) is 4.74 Å². The molecule has 0 radical (unpaired) electrons. The first-order valence-electron chi connectivity index (χ1n) is 5.57. The van der Waals surface area contributed by atoms with E-state index >= 15 is 0 Å². The van der Waals surface area contributed by atoms with Gasteiger partial charge in [0.25, 0.3) is 0 Å². The predicted octanol–water partition coefficient (Wildman–Crippen LogP) is 1.31. The number of amides is 1. The minimum atomic E-state index is -0.384. The normalized spacial score (nSPS) is 31.1. The van der Waals surface area contributed by atoms with Crippen LogP contribution in [0.4, 0.5) is 4.79 Å². The first-order chi connectivity index (χ1) is 6.87. The topological polar surface area (TPSA) is 32.8 Å². The molecule has 2 aliphatic heterocycles. The van der Waals surface area contributed by atoms with Crippen LogP contribution in [-0.4, -0.2) is 53.7 Å². The average Bonchev–Trinajstić information content (AvgIpc) is 2.58. The lowest BCUT2D eigenvalue weighted by molar-refractivity contribution is 0.0147. The maximum Gasteiger partial charge on any atom is 0.410 e. The maximum atomic E-state index is 11.8. The number of carbonyl (C=O) groups excluding carboxylic acids is 1. The van der Waals surface area contributed by atoms with E-state index in [1.54, 1.807) is 0 Å². The largest absolute Gasteiger partial charge is 0.444 e. The van der Waals surface area contributed by atoms with E-state index in [0.29, 0.717) is 12.1 Å². The second-order valence-corrected chi connectivity index (χ2v) is 5.62. The number of hydrogen-bond donors (Lipinski definition) is 0. The highest BCUT2D eigenvalue weighted by molar-refractivity contribution is 5.69. The van der Waals surface area contributed by atoms with Crippen LogP contribution in [0.15, 0.2) is 0 Å². The van der Waals surface area contributed by atoms with Crippen molar-refractivity contribution in [2.75, 3.05) is 20.1 Å². The predicted molar refractivity (Wildman–Crippen MR) is 57.8 cm³/mol. The van der Waals surface area contributed by atoms with Crippen LogP contribution in [0.3, 0.4) is 0 Å². The van der Waals surface area contributed by atoms with E-state index < -0.39 is 0 Å². The van der Waals surface area contributed by atoms with Crippen molar-refractivity contribution in [3.05, 3.63) is 0 Å². The van der Waals surface area contributed by atoms with Crippen molar-refractivity contribution in [1.29, 1.82) is 0 Å². The number of likely N-dealkylation sites (N-methyl/N-ethyl adjacent to an activating group) is 1. The number of hydrogen-bond acceptors (Lipinski definition) is 3. The first kappa shape index (κ1) is 10.7. The van der Waals surface area contributed by atoms with Gasteiger partial charge < -0.3 is 9.64 Å². The molecule has 0 aromatic rings. The zero-order chi connectivity index (χ0) is 11.2. The van der Waals surface area contributed by atoms with E-state index in [4.69, 9.17) is 4.74 Å². The number of nitrogens with zero attached hydrogens (tertiary/aromatic N) is 2. The molecule has 0 aliphatic carbocycles. The summed E-state index contributed by atoms with van der Waals surface area (Å²) in [6, 6.07) is 0.914. The van der Waals surface area contributed by atoms with Crippen molar-refractivity contribution in [2.24, 2.45) is 0 Å². The monoisotopic (exact) mass is 212 g/mol. The minimum absolute atomic E-state index is 0.150. The smallest absolute Gasteiger partial charge is 0.410 e. The van der Waals surface area contributed by atoms with Gasteiger partial charge >= 0.3 is 6.09 Å². The molecule has 86 valence electrons. The number of fused-ring (bicyclic) bond motifs is 2. The standard InChI is InChI=1S/C11H20N2O2/c1-11(2,3)15-10(14)13-7-8-5-9(13)6-12(8)4/h8-9H,5-7H2,1-4H3/t8-,9-/m0/s1. The van der Waals surface area contributed by atoms with Crippen LogP contribution in [0.1, 0.15) is 27.2 Å². The zero-order valence-electron chi connectivity index (χ0n) is 9.99. The SMILES string of the molecule is CN1C[C@@H]2C[C@H]1CN2C(=O)OC(C)(C)C. The fourth-order valence-electron chi connectivity index (χ4n) is 2.41. The van der Waals surface area contributed by atoms with Crippen molar-refractivity contribution in [3.63, 3.8) is 0 Å². The van der Waals surface area contributed by atoms with E-state index in [1.807, 2.05) is 25.7 Å². The highest BCUT2D eigenvalue weighted by Crippen LogP contribution is 2.30. The molecule has 0 N–H and O–H groups in total. The van der Waals surface area contributed by atoms with Gasteiger partial charge in [0, 0.05) is 25.2 Å². The number of piperazine rings is 1. The second kappa shape index (κ2) is 3.37. The molecule has 2 bridgehead atoms. The lowest BCUT2D eigenvalue weighted by Crippen LogP contribution is -2.48. The van der Waals surface area contributed by atoms with Crippen molar-refractivity contribution in [3.8, 4) is 0 Å². The van der Waals surface area contributed by atoms with Crippen LogP contribution in [0.5, 0.6) is 0 Å². The van der Waals surface area contributed by atoms with Crippen LogP contribution in [0.25, 0.3) is 0 Å². The fourth-order valence-corrected chi connectivity index (χ4v) is 2.41. The summed E-state index contributed by atoms with van der Waals surface area (Å²) in [5, 5.41) is 0.